The number of sulfonamides is 1. The third-order valence-corrected chi connectivity index (χ3v) is 5.31. The lowest BCUT2D eigenvalue weighted by Gasteiger charge is -2.08. The van der Waals surface area contributed by atoms with Crippen LogP contribution in [0.25, 0.3) is 10.8 Å². The van der Waals surface area contributed by atoms with Gasteiger partial charge in [0.2, 0.25) is 10.0 Å². The number of hydrogen-bond donors (Lipinski definition) is 2. The van der Waals surface area contributed by atoms with E-state index in [-0.39, 0.29) is 10.6 Å². The molecule has 0 fully saturated rings. The van der Waals surface area contributed by atoms with Gasteiger partial charge in [0.1, 0.15) is 5.69 Å². The van der Waals surface area contributed by atoms with Crippen LogP contribution in [0.4, 0.5) is 22.7 Å². The molecule has 3 N–H and O–H groups in total. The van der Waals surface area contributed by atoms with Crippen LogP contribution < -0.4 is 10.5 Å². The third-order valence-electron chi connectivity index (χ3n) is 3.90. The van der Waals surface area contributed by atoms with Gasteiger partial charge >= 0.3 is 0 Å². The summed E-state index contributed by atoms with van der Waals surface area (Å²) in [5, 5.41) is 20.2. The molecule has 0 aliphatic rings. The Morgan fingerprint density at radius 2 is 1.74 bits per heavy atom. The van der Waals surface area contributed by atoms with Gasteiger partial charge in [0.25, 0.3) is 5.69 Å². The van der Waals surface area contributed by atoms with E-state index in [1.54, 1.807) is 18.2 Å². The second-order valence-corrected chi connectivity index (χ2v) is 7.45. The molecule has 3 aromatic carbocycles. The van der Waals surface area contributed by atoms with Crippen LogP contribution in [0.5, 0.6) is 0 Å². The number of rotatable bonds is 5. The highest BCUT2D eigenvalue weighted by Crippen LogP contribution is 2.34. The zero-order valence-corrected chi connectivity index (χ0v) is 15.0. The fourth-order valence-electron chi connectivity index (χ4n) is 2.45. The number of fused-ring (bicyclic) bond motifs is 1. The van der Waals surface area contributed by atoms with Crippen LogP contribution in [0.15, 0.2) is 69.7 Å². The molecule has 0 unspecified atom stereocenters. The summed E-state index contributed by atoms with van der Waals surface area (Å²) in [7, 11) is -2.23. The summed E-state index contributed by atoms with van der Waals surface area (Å²) in [4.78, 5) is 10.3. The van der Waals surface area contributed by atoms with Crippen molar-refractivity contribution in [2.45, 2.75) is 4.90 Å². The fourth-order valence-corrected chi connectivity index (χ4v) is 3.22. The maximum atomic E-state index is 12.0. The van der Waals surface area contributed by atoms with Crippen molar-refractivity contribution in [3.8, 4) is 0 Å². The van der Waals surface area contributed by atoms with E-state index in [4.69, 9.17) is 5.73 Å². The summed E-state index contributed by atoms with van der Waals surface area (Å²) in [6.07, 6.45) is 0. The molecule has 0 atom stereocenters. The van der Waals surface area contributed by atoms with E-state index in [1.165, 1.54) is 43.4 Å². The minimum Gasteiger partial charge on any atom is -0.397 e. The first-order valence-electron chi connectivity index (χ1n) is 7.74. The maximum Gasteiger partial charge on any atom is 0.269 e. The SMILES string of the molecule is CNS(=O)(=O)c1ccc2c(N=Nc3ccc([N+](=O)[O-])cc3)c(N)ccc2c1. The highest BCUT2D eigenvalue weighted by atomic mass is 32.2. The number of nitro benzene ring substituents is 1. The molecular formula is C17H15N5O4S. The Bertz CT molecular complexity index is 1160. The quantitative estimate of drug-likeness (QED) is 0.298. The van der Waals surface area contributed by atoms with Gasteiger partial charge in [-0.25, -0.2) is 13.1 Å². The number of non-ortho nitro benzene ring substituents is 1. The second kappa shape index (κ2) is 7.09. The smallest absolute Gasteiger partial charge is 0.269 e. The molecule has 0 aliphatic heterocycles. The molecule has 9 nitrogen and oxygen atoms in total. The van der Waals surface area contributed by atoms with Gasteiger partial charge in [-0.05, 0) is 42.8 Å². The van der Waals surface area contributed by atoms with Gasteiger partial charge < -0.3 is 5.73 Å². The molecule has 27 heavy (non-hydrogen) atoms. The summed E-state index contributed by atoms with van der Waals surface area (Å²) >= 11 is 0. The van der Waals surface area contributed by atoms with Crippen LogP contribution in [-0.4, -0.2) is 20.4 Å². The molecule has 0 bridgehead atoms. The number of nitrogens with one attached hydrogen (secondary N) is 1. The van der Waals surface area contributed by atoms with Crippen molar-refractivity contribution in [3.05, 3.63) is 64.7 Å². The maximum absolute atomic E-state index is 12.0. The van der Waals surface area contributed by atoms with Gasteiger partial charge in [-0.3, -0.25) is 10.1 Å². The molecule has 3 rings (SSSR count). The predicted octanol–water partition coefficient (Wildman–Crippen LogP) is 3.65. The molecule has 138 valence electrons. The van der Waals surface area contributed by atoms with Crippen molar-refractivity contribution in [2.24, 2.45) is 10.2 Å². The number of azo groups is 1. The Morgan fingerprint density at radius 3 is 2.37 bits per heavy atom. The summed E-state index contributed by atoms with van der Waals surface area (Å²) in [5.74, 6) is 0. The minimum atomic E-state index is -3.57. The molecule has 0 aromatic heterocycles. The van der Waals surface area contributed by atoms with E-state index >= 15 is 0 Å². The number of nitrogens with zero attached hydrogens (tertiary/aromatic N) is 3. The molecule has 10 heteroatoms. The van der Waals surface area contributed by atoms with Crippen LogP contribution >= 0.6 is 0 Å². The van der Waals surface area contributed by atoms with E-state index in [1.807, 2.05) is 0 Å². The Morgan fingerprint density at radius 1 is 1.04 bits per heavy atom. The van der Waals surface area contributed by atoms with Crippen LogP contribution in [0, 0.1) is 10.1 Å². The molecule has 0 spiro atoms. The van der Waals surface area contributed by atoms with Crippen molar-refractivity contribution in [3.63, 3.8) is 0 Å². The molecular weight excluding hydrogens is 370 g/mol. The van der Waals surface area contributed by atoms with Crippen molar-refractivity contribution >= 4 is 43.5 Å². The third kappa shape index (κ3) is 3.76. The van der Waals surface area contributed by atoms with E-state index in [2.05, 4.69) is 15.0 Å². The Hall–Kier alpha value is -3.37. The second-order valence-electron chi connectivity index (χ2n) is 5.57. The topological polar surface area (TPSA) is 140 Å². The van der Waals surface area contributed by atoms with Gasteiger partial charge in [0.15, 0.2) is 0 Å². The lowest BCUT2D eigenvalue weighted by molar-refractivity contribution is -0.384. The number of nitro groups is 1. The van der Waals surface area contributed by atoms with Gasteiger partial charge in [-0.2, -0.15) is 5.11 Å². The number of nitrogens with two attached hydrogens (primary N) is 1. The number of benzene rings is 3. The minimum absolute atomic E-state index is 0.0445. The molecule has 0 aliphatic carbocycles. The predicted molar refractivity (Wildman–Crippen MR) is 102 cm³/mol. The molecule has 0 saturated heterocycles. The average Bonchev–Trinajstić information content (AvgIpc) is 2.67. The first-order chi connectivity index (χ1) is 12.8. The van der Waals surface area contributed by atoms with Gasteiger partial charge in [0.05, 0.1) is 21.2 Å². The molecule has 3 aromatic rings. The number of hydrogen-bond acceptors (Lipinski definition) is 7. The monoisotopic (exact) mass is 385 g/mol. The van der Waals surface area contributed by atoms with Crippen LogP contribution in [0.1, 0.15) is 0 Å². The van der Waals surface area contributed by atoms with E-state index < -0.39 is 14.9 Å². The number of anilines is 1. The Kier molecular flexibility index (Phi) is 4.84. The van der Waals surface area contributed by atoms with Crippen molar-refractivity contribution in [2.75, 3.05) is 12.8 Å². The van der Waals surface area contributed by atoms with Crippen LogP contribution in [0.2, 0.25) is 0 Å². The normalized spacial score (nSPS) is 11.9. The van der Waals surface area contributed by atoms with E-state index in [0.29, 0.717) is 27.8 Å². The highest BCUT2D eigenvalue weighted by Gasteiger charge is 2.13. The van der Waals surface area contributed by atoms with Crippen molar-refractivity contribution in [1.82, 2.24) is 4.72 Å². The Balaban J connectivity index is 2.03. The fraction of sp³-hybridized carbons (Fsp3) is 0.0588. The lowest BCUT2D eigenvalue weighted by atomic mass is 10.1. The van der Waals surface area contributed by atoms with Gasteiger partial charge in [-0.1, -0.05) is 12.1 Å². The average molecular weight is 385 g/mol. The summed E-state index contributed by atoms with van der Waals surface area (Å²) in [6, 6.07) is 13.5. The zero-order valence-electron chi connectivity index (χ0n) is 14.2. The molecule has 0 heterocycles. The summed E-state index contributed by atoms with van der Waals surface area (Å²) < 4.78 is 26.2. The van der Waals surface area contributed by atoms with E-state index in [9.17, 15) is 18.5 Å². The molecule has 0 radical (unpaired) electrons. The standard InChI is InChI=1S/C17H15N5O4S/c1-19-27(25,26)14-7-8-15-11(10-14)2-9-16(18)17(15)21-20-12-3-5-13(6-4-12)22(23)24/h2-10,19H,18H2,1H3. The van der Waals surface area contributed by atoms with Crippen molar-refractivity contribution < 1.29 is 13.3 Å². The summed E-state index contributed by atoms with van der Waals surface area (Å²) in [5.41, 5.74) is 7.13. The van der Waals surface area contributed by atoms with Gasteiger partial charge in [0, 0.05) is 17.5 Å². The first kappa shape index (κ1) is 18.4. The largest absolute Gasteiger partial charge is 0.397 e. The van der Waals surface area contributed by atoms with Crippen LogP contribution in [-0.2, 0) is 10.0 Å². The Labute approximate surface area is 154 Å². The lowest BCUT2D eigenvalue weighted by Crippen LogP contribution is -2.18. The van der Waals surface area contributed by atoms with Crippen LogP contribution in [0.3, 0.4) is 0 Å². The highest BCUT2D eigenvalue weighted by molar-refractivity contribution is 7.89. The van der Waals surface area contributed by atoms with Crippen molar-refractivity contribution in [1.29, 1.82) is 0 Å². The molecule has 0 amide bonds. The number of nitrogen functional groups attached to an aromatic ring is 1. The summed E-state index contributed by atoms with van der Waals surface area (Å²) in [6.45, 7) is 0. The van der Waals surface area contributed by atoms with Gasteiger partial charge in [-0.15, -0.1) is 5.11 Å². The van der Waals surface area contributed by atoms with E-state index in [0.717, 1.165) is 0 Å². The zero-order chi connectivity index (χ0) is 19.6. The molecule has 0 saturated carbocycles. The first-order valence-corrected chi connectivity index (χ1v) is 9.22.